The number of hydrogen-bond donors (Lipinski definition) is 2. The smallest absolute Gasteiger partial charge is 0.317 e. The highest BCUT2D eigenvalue weighted by Crippen LogP contribution is 2.40. The average molecular weight is 439 g/mol. The van der Waals surface area contributed by atoms with Gasteiger partial charge in [0.05, 0.1) is 17.9 Å². The summed E-state index contributed by atoms with van der Waals surface area (Å²) in [6.45, 7) is 3.41. The Balaban J connectivity index is 1.28. The number of aromatic nitrogens is 3. The van der Waals surface area contributed by atoms with Crippen molar-refractivity contribution < 1.29 is 14.3 Å². The van der Waals surface area contributed by atoms with E-state index < -0.39 is 11.7 Å². The Bertz CT molecular complexity index is 991. The third-order valence-electron chi connectivity index (χ3n) is 6.95. The molecule has 32 heavy (non-hydrogen) atoms. The van der Waals surface area contributed by atoms with Crippen LogP contribution in [-0.4, -0.2) is 56.6 Å². The normalized spacial score (nSPS) is 22.5. The van der Waals surface area contributed by atoms with Crippen molar-refractivity contribution in [1.29, 1.82) is 0 Å². The van der Waals surface area contributed by atoms with Gasteiger partial charge in [0.2, 0.25) is 0 Å². The van der Waals surface area contributed by atoms with Crippen LogP contribution in [0.4, 0.5) is 10.5 Å². The number of carbonyl (C=O) groups is 2. The highest BCUT2D eigenvalue weighted by atomic mass is 16.5. The molecule has 1 spiro atoms. The largest absolute Gasteiger partial charge is 0.352 e. The quantitative estimate of drug-likeness (QED) is 0.767. The summed E-state index contributed by atoms with van der Waals surface area (Å²) < 4.78 is 8.47. The summed E-state index contributed by atoms with van der Waals surface area (Å²) in [5, 5.41) is 6.13. The van der Waals surface area contributed by atoms with E-state index in [1.54, 1.807) is 18.5 Å². The lowest BCUT2D eigenvalue weighted by Crippen LogP contribution is -2.55. The van der Waals surface area contributed by atoms with E-state index in [2.05, 4.69) is 20.6 Å². The first-order valence-electron chi connectivity index (χ1n) is 11.5. The van der Waals surface area contributed by atoms with Gasteiger partial charge in [0.25, 0.3) is 5.91 Å². The molecule has 1 saturated heterocycles. The van der Waals surface area contributed by atoms with E-state index in [-0.39, 0.29) is 11.9 Å². The molecule has 2 N–H and O–H groups in total. The number of rotatable bonds is 3. The number of hydrogen-bond acceptors (Lipinski definition) is 5. The van der Waals surface area contributed by atoms with E-state index in [0.717, 1.165) is 24.4 Å². The molecule has 2 aromatic rings. The maximum Gasteiger partial charge on any atom is 0.317 e. The second-order valence-corrected chi connectivity index (χ2v) is 9.05. The summed E-state index contributed by atoms with van der Waals surface area (Å²) in [5.41, 5.74) is 0.777. The van der Waals surface area contributed by atoms with Crippen LogP contribution >= 0.6 is 0 Å². The van der Waals surface area contributed by atoms with E-state index in [1.165, 1.54) is 12.8 Å². The molecule has 0 aromatic carbocycles. The molecule has 2 aromatic heterocycles. The van der Waals surface area contributed by atoms with Gasteiger partial charge < -0.3 is 24.8 Å². The van der Waals surface area contributed by atoms with Crippen LogP contribution in [0.15, 0.2) is 30.7 Å². The van der Waals surface area contributed by atoms with E-state index in [9.17, 15) is 9.59 Å². The summed E-state index contributed by atoms with van der Waals surface area (Å²) in [7, 11) is 0. The van der Waals surface area contributed by atoms with Gasteiger partial charge in [-0.1, -0.05) is 12.8 Å². The second-order valence-electron chi connectivity index (χ2n) is 9.05. The van der Waals surface area contributed by atoms with Crippen molar-refractivity contribution in [1.82, 2.24) is 24.8 Å². The number of aryl methyl sites for hydroxylation is 1. The van der Waals surface area contributed by atoms with Crippen molar-refractivity contribution in [3.05, 3.63) is 42.2 Å². The topological polar surface area (TPSA) is 101 Å². The molecular weight excluding hydrogens is 408 g/mol. The van der Waals surface area contributed by atoms with Gasteiger partial charge in [-0.3, -0.25) is 9.78 Å². The Morgan fingerprint density at radius 1 is 1.16 bits per heavy atom. The third kappa shape index (κ3) is 3.97. The first-order chi connectivity index (χ1) is 15.5. The summed E-state index contributed by atoms with van der Waals surface area (Å²) in [4.78, 5) is 36.4. The van der Waals surface area contributed by atoms with Crippen molar-refractivity contribution >= 4 is 17.6 Å². The lowest BCUT2D eigenvalue weighted by Gasteiger charge is -2.45. The molecular formula is C23H30N6O3. The van der Waals surface area contributed by atoms with Crippen LogP contribution in [0.3, 0.4) is 0 Å². The minimum atomic E-state index is -0.669. The van der Waals surface area contributed by atoms with E-state index in [0.29, 0.717) is 44.2 Å². The molecule has 2 aliphatic heterocycles. The maximum absolute atomic E-state index is 13.1. The summed E-state index contributed by atoms with van der Waals surface area (Å²) in [5.74, 6) is 0.649. The fraction of sp³-hybridized carbons (Fsp3) is 0.565. The van der Waals surface area contributed by atoms with Gasteiger partial charge in [-0.05, 0) is 31.9 Å². The zero-order valence-corrected chi connectivity index (χ0v) is 18.4. The zero-order valence-electron chi connectivity index (χ0n) is 18.4. The predicted octanol–water partition coefficient (Wildman–Crippen LogP) is 2.57. The first kappa shape index (κ1) is 20.9. The minimum absolute atomic E-state index is 0.00671. The van der Waals surface area contributed by atoms with Crippen molar-refractivity contribution in [2.75, 3.05) is 18.4 Å². The van der Waals surface area contributed by atoms with Gasteiger partial charge in [0, 0.05) is 50.6 Å². The Morgan fingerprint density at radius 3 is 2.69 bits per heavy atom. The molecule has 1 aliphatic carbocycles. The van der Waals surface area contributed by atoms with Crippen molar-refractivity contribution in [2.24, 2.45) is 0 Å². The van der Waals surface area contributed by atoms with E-state index >= 15 is 0 Å². The zero-order chi connectivity index (χ0) is 22.1. The molecule has 9 heteroatoms. The number of fused-ring (bicyclic) bond motifs is 2. The predicted molar refractivity (Wildman–Crippen MR) is 118 cm³/mol. The van der Waals surface area contributed by atoms with Gasteiger partial charge in [-0.2, -0.15) is 0 Å². The highest BCUT2D eigenvalue weighted by Gasteiger charge is 2.47. The number of pyridine rings is 1. The van der Waals surface area contributed by atoms with Crippen LogP contribution in [0.1, 0.15) is 50.0 Å². The van der Waals surface area contributed by atoms with Crippen LogP contribution in [-0.2, 0) is 21.7 Å². The molecule has 9 nitrogen and oxygen atoms in total. The Hall–Kier alpha value is -2.94. The van der Waals surface area contributed by atoms with Gasteiger partial charge in [0.1, 0.15) is 11.4 Å². The highest BCUT2D eigenvalue weighted by molar-refractivity contribution is 5.94. The first-order valence-corrected chi connectivity index (χ1v) is 11.5. The number of likely N-dealkylation sites (tertiary alicyclic amines) is 1. The number of imidazole rings is 1. The standard InChI is InChI=1S/C23H30N6O3/c1-16-18(7-4-10-24-16)27-20(30)19-15-29-14-11-25-21(29)23(32-19)8-12-28(13-9-23)22(31)26-17-5-2-3-6-17/h4,7,10-11,14,17,19H,2-3,5-6,8-9,12-13,15H2,1H3,(H,26,31)(H,27,30). The summed E-state index contributed by atoms with van der Waals surface area (Å²) >= 11 is 0. The maximum atomic E-state index is 13.1. The van der Waals surface area contributed by atoms with Crippen LogP contribution in [0.25, 0.3) is 0 Å². The lowest BCUT2D eigenvalue weighted by molar-refractivity contribution is -0.167. The number of nitrogens with one attached hydrogen (secondary N) is 2. The molecule has 3 amide bonds. The Morgan fingerprint density at radius 2 is 1.94 bits per heavy atom. The van der Waals surface area contributed by atoms with Gasteiger partial charge in [0.15, 0.2) is 6.10 Å². The molecule has 0 radical (unpaired) electrons. The SMILES string of the molecule is Cc1ncccc1NC(=O)C1Cn2ccnc2C2(CCN(C(=O)NC3CCCC3)CC2)O1. The van der Waals surface area contributed by atoms with E-state index in [4.69, 9.17) is 4.74 Å². The molecule has 170 valence electrons. The number of nitrogens with zero attached hydrogens (tertiary/aromatic N) is 4. The second kappa shape index (κ2) is 8.54. The van der Waals surface area contributed by atoms with Crippen LogP contribution < -0.4 is 10.6 Å². The minimum Gasteiger partial charge on any atom is -0.352 e. The molecule has 1 saturated carbocycles. The number of ether oxygens (including phenoxy) is 1. The number of amides is 3. The van der Waals surface area contributed by atoms with Gasteiger partial charge >= 0.3 is 6.03 Å². The molecule has 1 unspecified atom stereocenters. The fourth-order valence-electron chi connectivity index (χ4n) is 5.11. The number of carbonyl (C=O) groups excluding carboxylic acids is 2. The third-order valence-corrected chi connectivity index (χ3v) is 6.95. The summed E-state index contributed by atoms with van der Waals surface area (Å²) in [6, 6.07) is 3.94. The van der Waals surface area contributed by atoms with Crippen LogP contribution in [0.2, 0.25) is 0 Å². The monoisotopic (exact) mass is 438 g/mol. The lowest BCUT2D eigenvalue weighted by atomic mass is 9.88. The van der Waals surface area contributed by atoms with Gasteiger partial charge in [-0.25, -0.2) is 9.78 Å². The number of piperidine rings is 1. The van der Waals surface area contributed by atoms with Gasteiger partial charge in [-0.15, -0.1) is 0 Å². The molecule has 0 bridgehead atoms. The number of anilines is 1. The molecule has 3 aliphatic rings. The van der Waals surface area contributed by atoms with Crippen molar-refractivity contribution in [2.45, 2.75) is 69.7 Å². The number of urea groups is 1. The molecule has 2 fully saturated rings. The van der Waals surface area contributed by atoms with E-state index in [1.807, 2.05) is 28.7 Å². The average Bonchev–Trinajstić information content (AvgIpc) is 3.48. The Labute approximate surface area is 187 Å². The Kier molecular flexibility index (Phi) is 5.58. The van der Waals surface area contributed by atoms with Crippen molar-refractivity contribution in [3.63, 3.8) is 0 Å². The molecule has 1 atom stereocenters. The van der Waals surface area contributed by atoms with Crippen molar-refractivity contribution in [3.8, 4) is 0 Å². The van der Waals surface area contributed by atoms with Crippen LogP contribution in [0.5, 0.6) is 0 Å². The summed E-state index contributed by atoms with van der Waals surface area (Å²) in [6.07, 6.45) is 10.4. The molecule has 4 heterocycles. The molecule has 5 rings (SSSR count). The van der Waals surface area contributed by atoms with Crippen LogP contribution in [0, 0.1) is 6.92 Å². The fourth-order valence-corrected chi connectivity index (χ4v) is 5.11.